The minimum Gasteiger partial charge on any atom is -0.480 e. The summed E-state index contributed by atoms with van der Waals surface area (Å²) >= 11 is 0. The Kier molecular flexibility index (Phi) is 4.52. The molecule has 1 aromatic carbocycles. The highest BCUT2D eigenvalue weighted by atomic mass is 19.1. The SMILES string of the molecule is O=C(O)CN(C(=O)CNC(=O)c1cccc(F)c1)C1CC1. The van der Waals surface area contributed by atoms with Crippen molar-refractivity contribution in [3.63, 3.8) is 0 Å². The Bertz CT molecular complexity index is 572. The van der Waals surface area contributed by atoms with Gasteiger partial charge in [0, 0.05) is 11.6 Å². The summed E-state index contributed by atoms with van der Waals surface area (Å²) in [6.45, 7) is -0.682. The Balaban J connectivity index is 1.90. The Morgan fingerprint density at radius 3 is 2.62 bits per heavy atom. The molecule has 0 radical (unpaired) electrons. The normalized spacial score (nSPS) is 13.6. The fraction of sp³-hybridized carbons (Fsp3) is 0.357. The summed E-state index contributed by atoms with van der Waals surface area (Å²) in [6, 6.07) is 5.05. The summed E-state index contributed by atoms with van der Waals surface area (Å²) in [4.78, 5) is 35.7. The second kappa shape index (κ2) is 6.34. The molecule has 7 heteroatoms. The van der Waals surface area contributed by atoms with Gasteiger partial charge in [0.05, 0.1) is 6.54 Å². The minimum atomic E-state index is -1.09. The van der Waals surface area contributed by atoms with Crippen LogP contribution in [0.2, 0.25) is 0 Å². The van der Waals surface area contributed by atoms with Crippen molar-refractivity contribution in [2.75, 3.05) is 13.1 Å². The molecule has 1 aliphatic rings. The van der Waals surface area contributed by atoms with E-state index in [-0.39, 0.29) is 24.7 Å². The van der Waals surface area contributed by atoms with E-state index in [4.69, 9.17) is 5.11 Å². The van der Waals surface area contributed by atoms with Crippen molar-refractivity contribution in [1.29, 1.82) is 0 Å². The molecule has 0 saturated heterocycles. The van der Waals surface area contributed by atoms with Gasteiger partial charge in [-0.25, -0.2) is 4.39 Å². The summed E-state index contributed by atoms with van der Waals surface area (Å²) in [5.41, 5.74) is 0.110. The van der Waals surface area contributed by atoms with Crippen molar-refractivity contribution < 1.29 is 23.9 Å². The third-order valence-corrected chi connectivity index (χ3v) is 3.10. The number of nitrogens with zero attached hydrogens (tertiary/aromatic N) is 1. The maximum absolute atomic E-state index is 13.0. The molecule has 1 aromatic rings. The number of amides is 2. The van der Waals surface area contributed by atoms with Gasteiger partial charge in [-0.2, -0.15) is 0 Å². The molecule has 0 heterocycles. The number of carbonyl (C=O) groups is 3. The Hall–Kier alpha value is -2.44. The highest BCUT2D eigenvalue weighted by Gasteiger charge is 2.33. The van der Waals surface area contributed by atoms with Crippen molar-refractivity contribution in [2.24, 2.45) is 0 Å². The van der Waals surface area contributed by atoms with Gasteiger partial charge in [-0.3, -0.25) is 14.4 Å². The maximum atomic E-state index is 13.0. The van der Waals surface area contributed by atoms with Crippen LogP contribution in [0, 0.1) is 5.82 Å². The molecule has 2 N–H and O–H groups in total. The van der Waals surface area contributed by atoms with Gasteiger partial charge in [-0.1, -0.05) is 6.07 Å². The molecule has 112 valence electrons. The zero-order chi connectivity index (χ0) is 15.4. The first-order chi connectivity index (χ1) is 9.97. The predicted molar refractivity (Wildman–Crippen MR) is 71.1 cm³/mol. The number of hydrogen-bond acceptors (Lipinski definition) is 3. The highest BCUT2D eigenvalue weighted by molar-refractivity contribution is 5.96. The van der Waals surface area contributed by atoms with Crippen LogP contribution in [0.25, 0.3) is 0 Å². The molecular formula is C14H15FN2O4. The third kappa shape index (κ3) is 4.27. The number of nitrogens with one attached hydrogen (secondary N) is 1. The van der Waals surface area contributed by atoms with Gasteiger partial charge >= 0.3 is 5.97 Å². The lowest BCUT2D eigenvalue weighted by atomic mass is 10.2. The summed E-state index contributed by atoms with van der Waals surface area (Å²) in [7, 11) is 0. The van der Waals surface area contributed by atoms with E-state index in [0.717, 1.165) is 18.9 Å². The van der Waals surface area contributed by atoms with E-state index in [1.807, 2.05) is 0 Å². The van der Waals surface area contributed by atoms with Gasteiger partial charge in [-0.05, 0) is 31.0 Å². The summed E-state index contributed by atoms with van der Waals surface area (Å²) in [5.74, 6) is -2.66. The molecule has 1 aliphatic carbocycles. The van der Waals surface area contributed by atoms with Crippen LogP contribution in [-0.4, -0.2) is 46.9 Å². The van der Waals surface area contributed by atoms with E-state index in [1.54, 1.807) is 0 Å². The topological polar surface area (TPSA) is 86.7 Å². The minimum absolute atomic E-state index is 0.0559. The quantitative estimate of drug-likeness (QED) is 0.805. The lowest BCUT2D eigenvalue weighted by molar-refractivity contribution is -0.144. The van der Waals surface area contributed by atoms with E-state index in [0.29, 0.717) is 0 Å². The molecule has 1 fully saturated rings. The number of hydrogen-bond donors (Lipinski definition) is 2. The number of carboxylic acids is 1. The molecular weight excluding hydrogens is 279 g/mol. The van der Waals surface area contributed by atoms with Crippen molar-refractivity contribution in [2.45, 2.75) is 18.9 Å². The van der Waals surface area contributed by atoms with Crippen LogP contribution >= 0.6 is 0 Å². The largest absolute Gasteiger partial charge is 0.480 e. The number of benzene rings is 1. The van der Waals surface area contributed by atoms with Gasteiger partial charge in [0.25, 0.3) is 5.91 Å². The zero-order valence-electron chi connectivity index (χ0n) is 11.2. The van der Waals surface area contributed by atoms with Gasteiger partial charge in [0.15, 0.2) is 0 Å². The molecule has 0 bridgehead atoms. The maximum Gasteiger partial charge on any atom is 0.323 e. The molecule has 0 unspecified atom stereocenters. The third-order valence-electron chi connectivity index (χ3n) is 3.10. The number of carboxylic acid groups (broad SMARTS) is 1. The van der Waals surface area contributed by atoms with Crippen LogP contribution in [0.1, 0.15) is 23.2 Å². The van der Waals surface area contributed by atoms with Crippen LogP contribution in [0.4, 0.5) is 4.39 Å². The molecule has 0 aromatic heterocycles. The molecule has 6 nitrogen and oxygen atoms in total. The molecule has 1 saturated carbocycles. The lowest BCUT2D eigenvalue weighted by Crippen LogP contribution is -2.43. The first-order valence-electron chi connectivity index (χ1n) is 6.52. The smallest absolute Gasteiger partial charge is 0.323 e. The summed E-state index contributed by atoms with van der Waals surface area (Å²) in [5, 5.41) is 11.1. The Morgan fingerprint density at radius 2 is 2.05 bits per heavy atom. The summed E-state index contributed by atoms with van der Waals surface area (Å²) < 4.78 is 13.0. The molecule has 0 atom stereocenters. The van der Waals surface area contributed by atoms with Gasteiger partial charge in [-0.15, -0.1) is 0 Å². The second-order valence-electron chi connectivity index (χ2n) is 4.84. The number of rotatable bonds is 6. The van der Waals surface area contributed by atoms with Crippen molar-refractivity contribution in [3.8, 4) is 0 Å². The monoisotopic (exact) mass is 294 g/mol. The van der Waals surface area contributed by atoms with Crippen molar-refractivity contribution in [3.05, 3.63) is 35.6 Å². The van der Waals surface area contributed by atoms with E-state index in [2.05, 4.69) is 5.32 Å². The first-order valence-corrected chi connectivity index (χ1v) is 6.52. The first kappa shape index (κ1) is 15.0. The van der Waals surface area contributed by atoms with Crippen LogP contribution in [0.5, 0.6) is 0 Å². The van der Waals surface area contributed by atoms with Crippen LogP contribution in [-0.2, 0) is 9.59 Å². The van der Waals surface area contributed by atoms with Crippen molar-refractivity contribution >= 4 is 17.8 Å². The molecule has 2 amide bonds. The summed E-state index contributed by atoms with van der Waals surface area (Å²) in [6.07, 6.45) is 1.55. The second-order valence-corrected chi connectivity index (χ2v) is 4.84. The van der Waals surface area contributed by atoms with Gasteiger partial charge < -0.3 is 15.3 Å². The average Bonchev–Trinajstić information content (AvgIpc) is 3.26. The van der Waals surface area contributed by atoms with E-state index in [1.165, 1.54) is 23.1 Å². The van der Waals surface area contributed by atoms with Crippen LogP contribution in [0.3, 0.4) is 0 Å². The lowest BCUT2D eigenvalue weighted by Gasteiger charge is -2.20. The van der Waals surface area contributed by atoms with Gasteiger partial charge in [0.1, 0.15) is 12.4 Å². The predicted octanol–water partition coefficient (Wildman–Crippen LogP) is 0.631. The molecule has 0 spiro atoms. The zero-order valence-corrected chi connectivity index (χ0v) is 11.2. The Labute approximate surface area is 120 Å². The van der Waals surface area contributed by atoms with Crippen molar-refractivity contribution in [1.82, 2.24) is 10.2 Å². The molecule has 21 heavy (non-hydrogen) atoms. The standard InChI is InChI=1S/C14H15FN2O4/c15-10-3-1-2-9(6-10)14(21)16-7-12(18)17(8-13(19)20)11-4-5-11/h1-3,6,11H,4-5,7-8H2,(H,16,21)(H,19,20). The van der Waals surface area contributed by atoms with E-state index >= 15 is 0 Å². The average molecular weight is 294 g/mol. The number of aliphatic carboxylic acids is 1. The fourth-order valence-electron chi connectivity index (χ4n) is 1.94. The molecule has 2 rings (SSSR count). The van der Waals surface area contributed by atoms with Gasteiger partial charge in [0.2, 0.25) is 5.91 Å². The number of halogens is 1. The molecule has 0 aliphatic heterocycles. The Morgan fingerprint density at radius 1 is 1.33 bits per heavy atom. The fourth-order valence-corrected chi connectivity index (χ4v) is 1.94. The van der Waals surface area contributed by atoms with E-state index < -0.39 is 23.6 Å². The van der Waals surface area contributed by atoms with E-state index in [9.17, 15) is 18.8 Å². The highest BCUT2D eigenvalue weighted by Crippen LogP contribution is 2.26. The van der Waals surface area contributed by atoms with Crippen LogP contribution < -0.4 is 5.32 Å². The number of carbonyl (C=O) groups excluding carboxylic acids is 2. The van der Waals surface area contributed by atoms with Crippen LogP contribution in [0.15, 0.2) is 24.3 Å².